The van der Waals surface area contributed by atoms with Crippen molar-refractivity contribution in [2.24, 2.45) is 23.5 Å². The maximum absolute atomic E-state index is 13.7. The Morgan fingerprint density at radius 2 is 1.80 bits per heavy atom. The summed E-state index contributed by atoms with van der Waals surface area (Å²) in [5.41, 5.74) is 5.57. The Balaban J connectivity index is 2.62. The topological polar surface area (TPSA) is 193 Å². The second-order valence-corrected chi connectivity index (χ2v) is 12.0. The van der Waals surface area contributed by atoms with Gasteiger partial charge in [0.15, 0.2) is 6.10 Å². The van der Waals surface area contributed by atoms with Crippen molar-refractivity contribution in [3.63, 3.8) is 0 Å². The number of hydrogen-bond donors (Lipinski definition) is 4. The van der Waals surface area contributed by atoms with E-state index in [2.05, 4.69) is 10.6 Å². The van der Waals surface area contributed by atoms with Gasteiger partial charge in [0.1, 0.15) is 6.10 Å². The summed E-state index contributed by atoms with van der Waals surface area (Å²) in [6.45, 7) is 10.6. The number of allylic oxidation sites excluding steroid dienone is 4. The highest BCUT2D eigenvalue weighted by molar-refractivity contribution is 6.24. The Kier molecular flexibility index (Phi) is 14.6. The number of rotatable bonds is 6. The molecule has 0 fully saturated rings. The minimum atomic E-state index is -1.03. The van der Waals surface area contributed by atoms with Crippen LogP contribution in [0.2, 0.25) is 0 Å². The third-order valence-electron chi connectivity index (χ3n) is 7.57. The van der Waals surface area contributed by atoms with E-state index >= 15 is 0 Å². The number of aliphatic hydroxyl groups is 1. The first-order valence-corrected chi connectivity index (χ1v) is 15.1. The molecule has 0 aromatic heterocycles. The van der Waals surface area contributed by atoms with Crippen molar-refractivity contribution in [2.75, 3.05) is 20.8 Å². The largest absolute Gasteiger partial charge is 0.449 e. The number of aliphatic hydroxyl groups excluding tert-OH is 1. The fraction of sp³-hybridized carbons (Fsp3) is 0.545. The van der Waals surface area contributed by atoms with Crippen molar-refractivity contribution in [3.05, 3.63) is 58.5 Å². The summed E-state index contributed by atoms with van der Waals surface area (Å²) < 4.78 is 21.7. The smallest absolute Gasteiger partial charge is 0.411 e. The van der Waals surface area contributed by atoms with Crippen LogP contribution in [0.5, 0.6) is 0 Å². The summed E-state index contributed by atoms with van der Waals surface area (Å²) in [4.78, 5) is 64.3. The van der Waals surface area contributed by atoms with Crippen LogP contribution in [-0.2, 0) is 33.3 Å². The fourth-order valence-electron chi connectivity index (χ4n) is 5.10. The molecule has 5 N–H and O–H groups in total. The van der Waals surface area contributed by atoms with Gasteiger partial charge in [0.05, 0.1) is 30.2 Å². The van der Waals surface area contributed by atoms with Gasteiger partial charge in [-0.2, -0.15) is 0 Å². The van der Waals surface area contributed by atoms with Crippen molar-refractivity contribution in [1.29, 1.82) is 0 Å². The van der Waals surface area contributed by atoms with Crippen molar-refractivity contribution < 1.29 is 48.0 Å². The minimum absolute atomic E-state index is 0.00894. The van der Waals surface area contributed by atoms with Gasteiger partial charge in [-0.25, -0.2) is 9.59 Å². The highest BCUT2D eigenvalue weighted by Crippen LogP contribution is 2.29. The highest BCUT2D eigenvalue weighted by atomic mass is 16.6. The summed E-state index contributed by atoms with van der Waals surface area (Å²) in [5, 5.41) is 16.2. The average molecular weight is 646 g/mol. The molecule has 6 atom stereocenters. The molecule has 2 aliphatic rings. The third-order valence-corrected chi connectivity index (χ3v) is 7.57. The van der Waals surface area contributed by atoms with Crippen molar-refractivity contribution in [1.82, 2.24) is 10.6 Å². The number of hydrogen-bond acceptors (Lipinski definition) is 10. The number of ketones is 2. The third kappa shape index (κ3) is 10.8. The van der Waals surface area contributed by atoms with E-state index in [1.165, 1.54) is 33.3 Å². The molecule has 0 aromatic rings. The zero-order valence-corrected chi connectivity index (χ0v) is 27.7. The number of Topliss-reactive ketones (excluding diaryl/α,β-unsaturated/α-hetero) is 1. The first-order valence-electron chi connectivity index (χ1n) is 15.1. The van der Waals surface area contributed by atoms with Gasteiger partial charge in [-0.05, 0) is 44.1 Å². The number of nitrogens with two attached hydrogens (primary N) is 1. The molecule has 2 rings (SSSR count). The van der Waals surface area contributed by atoms with Gasteiger partial charge in [0.2, 0.25) is 11.6 Å². The normalized spacial score (nSPS) is 30.0. The summed E-state index contributed by atoms with van der Waals surface area (Å²) in [7, 11) is 2.86. The summed E-state index contributed by atoms with van der Waals surface area (Å²) in [6.07, 6.45) is 2.06. The van der Waals surface area contributed by atoms with Crippen LogP contribution in [0.15, 0.2) is 58.5 Å². The zero-order valence-electron chi connectivity index (χ0n) is 27.7. The van der Waals surface area contributed by atoms with E-state index in [-0.39, 0.29) is 53.8 Å². The van der Waals surface area contributed by atoms with Crippen molar-refractivity contribution in [3.8, 4) is 0 Å². The number of primary amides is 1. The fourth-order valence-corrected chi connectivity index (χ4v) is 5.10. The van der Waals surface area contributed by atoms with Gasteiger partial charge in [-0.3, -0.25) is 19.7 Å². The Morgan fingerprint density at radius 3 is 2.39 bits per heavy atom. The molecule has 1 aliphatic carbocycles. The Morgan fingerprint density at radius 1 is 1.13 bits per heavy atom. The minimum Gasteiger partial charge on any atom is -0.449 e. The number of amides is 3. The van der Waals surface area contributed by atoms with Crippen molar-refractivity contribution >= 4 is 29.7 Å². The van der Waals surface area contributed by atoms with Gasteiger partial charge in [-0.15, -0.1) is 0 Å². The lowest BCUT2D eigenvalue weighted by molar-refractivity contribution is -0.120. The molecule has 2 bridgehead atoms. The van der Waals surface area contributed by atoms with Crippen molar-refractivity contribution in [2.45, 2.75) is 78.8 Å². The van der Waals surface area contributed by atoms with E-state index in [0.29, 0.717) is 5.57 Å². The molecule has 0 aromatic carbocycles. The molecule has 0 saturated carbocycles. The molecule has 254 valence electrons. The molecule has 13 heteroatoms. The van der Waals surface area contributed by atoms with Gasteiger partial charge < -0.3 is 35.1 Å². The van der Waals surface area contributed by atoms with E-state index in [0.717, 1.165) is 6.08 Å². The molecular weight excluding hydrogens is 598 g/mol. The molecular formula is C33H47N3O10. The SMILES string of the molecule is CO[C@H]1/C=C/C=C(/C)C(=O)NC2=CC(=O)C(NC(=O)OCC(C)C)=C(C[C@@H](C)C[C@H](OC)[C@H](O)[C@@H](C)/C=C(\C)[C@@H]1OC(N)=O)C2=O. The highest BCUT2D eigenvalue weighted by Gasteiger charge is 2.34. The molecule has 13 nitrogen and oxygen atoms in total. The number of ether oxygens (including phenoxy) is 4. The van der Waals surface area contributed by atoms with Crippen LogP contribution in [0.25, 0.3) is 0 Å². The van der Waals surface area contributed by atoms with E-state index in [4.69, 9.17) is 24.7 Å². The van der Waals surface area contributed by atoms with Crippen LogP contribution in [0.4, 0.5) is 9.59 Å². The Bertz CT molecular complexity index is 1330. The first-order chi connectivity index (χ1) is 21.6. The number of carbonyl (C=O) groups is 5. The molecule has 0 unspecified atom stereocenters. The molecule has 1 heterocycles. The second-order valence-electron chi connectivity index (χ2n) is 12.0. The number of methoxy groups -OCH3 is 2. The first kappa shape index (κ1) is 38.1. The average Bonchev–Trinajstić information content (AvgIpc) is 2.99. The molecule has 0 radical (unpaired) electrons. The van der Waals surface area contributed by atoms with Crippen LogP contribution in [0, 0.1) is 17.8 Å². The quantitative estimate of drug-likeness (QED) is 0.246. The lowest BCUT2D eigenvalue weighted by Crippen LogP contribution is -2.39. The van der Waals surface area contributed by atoms with E-state index in [1.54, 1.807) is 26.0 Å². The van der Waals surface area contributed by atoms with Gasteiger partial charge >= 0.3 is 12.2 Å². The lowest BCUT2D eigenvalue weighted by Gasteiger charge is -2.30. The number of carbonyl (C=O) groups excluding carboxylic acids is 5. The number of alkyl carbamates (subject to hydrolysis) is 1. The second kappa shape index (κ2) is 17.6. The summed E-state index contributed by atoms with van der Waals surface area (Å²) in [5.74, 6) is -2.79. The van der Waals surface area contributed by atoms with E-state index in [1.807, 2.05) is 20.8 Å². The van der Waals surface area contributed by atoms with Crippen LogP contribution < -0.4 is 16.4 Å². The Hall–Kier alpha value is -4.07. The van der Waals surface area contributed by atoms with E-state index in [9.17, 15) is 29.1 Å². The van der Waals surface area contributed by atoms with Gasteiger partial charge in [0, 0.05) is 37.4 Å². The molecule has 1 aliphatic heterocycles. The molecule has 0 spiro atoms. The number of nitrogens with one attached hydrogen (secondary N) is 2. The lowest BCUT2D eigenvalue weighted by atomic mass is 9.85. The van der Waals surface area contributed by atoms with Gasteiger partial charge in [-0.1, -0.05) is 52.0 Å². The molecule has 46 heavy (non-hydrogen) atoms. The standard InChI is InChI=1S/C33H47N3O10/c1-17(2)16-45-33(42)36-27-22-12-18(3)13-26(44-8)28(38)20(5)14-21(6)30(46-32(34)41)25(43-7)11-9-10-19(4)31(40)35-23(29(22)39)15-24(27)37/h9-11,14-15,17-18,20,25-26,28,30,38H,12-13,16H2,1-8H3,(H2,34,41)(H,35,40)(H,36,42)/b11-9+,19-10-,21-14+/t18-,20+,25+,26+,28-,30+/m1/s1. The number of fused-ring (bicyclic) bond motifs is 2. The maximum Gasteiger partial charge on any atom is 0.411 e. The predicted octanol–water partition coefficient (Wildman–Crippen LogP) is 3.14. The van der Waals surface area contributed by atoms with Gasteiger partial charge in [0.25, 0.3) is 5.91 Å². The maximum atomic E-state index is 13.7. The van der Waals surface area contributed by atoms with E-state index < -0.39 is 60.0 Å². The van der Waals surface area contributed by atoms with Crippen LogP contribution in [-0.4, -0.2) is 80.0 Å². The van der Waals surface area contributed by atoms with Crippen LogP contribution in [0.3, 0.4) is 0 Å². The predicted molar refractivity (Wildman–Crippen MR) is 169 cm³/mol. The van der Waals surface area contributed by atoms with Crippen LogP contribution in [0.1, 0.15) is 54.4 Å². The summed E-state index contributed by atoms with van der Waals surface area (Å²) in [6, 6.07) is 0. The monoisotopic (exact) mass is 645 g/mol. The molecule has 3 amide bonds. The Labute approximate surface area is 269 Å². The summed E-state index contributed by atoms with van der Waals surface area (Å²) >= 11 is 0. The van der Waals surface area contributed by atoms with Crippen LogP contribution >= 0.6 is 0 Å². The zero-order chi connectivity index (χ0) is 34.7. The molecule has 0 saturated heterocycles.